The molecule has 1 aromatic rings. The maximum atomic E-state index is 12.2. The minimum Gasteiger partial charge on any atom is -0.494 e. The molecule has 6 heteroatoms. The molecule has 1 aromatic carbocycles. The summed E-state index contributed by atoms with van der Waals surface area (Å²) >= 11 is 0. The molecule has 2 N–H and O–H groups in total. The number of carbonyl (C=O) groups is 2. The maximum absolute atomic E-state index is 12.2. The Bertz CT molecular complexity index is 964. The van der Waals surface area contributed by atoms with Crippen LogP contribution in [0.4, 0.5) is 0 Å². The summed E-state index contributed by atoms with van der Waals surface area (Å²) in [6.07, 6.45) is 17.7. The summed E-state index contributed by atoms with van der Waals surface area (Å²) < 4.78 is 5.71. The quantitative estimate of drug-likeness (QED) is 0.196. The lowest BCUT2D eigenvalue weighted by atomic mass is 9.69. The fourth-order valence-corrected chi connectivity index (χ4v) is 4.49. The zero-order valence-electron chi connectivity index (χ0n) is 26.7. The van der Waals surface area contributed by atoms with Gasteiger partial charge < -0.3 is 19.8 Å². The molecular weight excluding hydrogens is 502 g/mol. The number of likely N-dealkylation sites (N-methyl/N-ethyl adjacent to an activating group) is 1. The van der Waals surface area contributed by atoms with E-state index in [1.165, 1.54) is 23.1 Å². The predicted octanol–water partition coefficient (Wildman–Crippen LogP) is 7.33. The van der Waals surface area contributed by atoms with Crippen molar-refractivity contribution in [1.82, 2.24) is 4.90 Å². The van der Waals surface area contributed by atoms with E-state index in [9.17, 15) is 14.7 Å². The Morgan fingerprint density at radius 2 is 1.65 bits per heavy atom. The highest BCUT2D eigenvalue weighted by molar-refractivity contribution is 5.82. The zero-order chi connectivity index (χ0) is 31.5. The predicted molar refractivity (Wildman–Crippen MR) is 168 cm³/mol. The topological polar surface area (TPSA) is 87.1 Å². The van der Waals surface area contributed by atoms with E-state index in [1.54, 1.807) is 0 Å². The van der Waals surface area contributed by atoms with Crippen molar-refractivity contribution in [1.29, 1.82) is 0 Å². The van der Waals surface area contributed by atoms with Crippen LogP contribution in [0.2, 0.25) is 0 Å². The molecule has 0 aromatic heterocycles. The summed E-state index contributed by atoms with van der Waals surface area (Å²) in [5.41, 5.74) is 3.46. The molecule has 40 heavy (non-hydrogen) atoms. The van der Waals surface area contributed by atoms with Gasteiger partial charge in [0.25, 0.3) is 0 Å². The molecule has 1 atom stereocenters. The number of carbonyl (C=O) groups excluding carboxylic acids is 1. The van der Waals surface area contributed by atoms with Gasteiger partial charge in [0, 0.05) is 18.9 Å². The largest absolute Gasteiger partial charge is 0.494 e. The number of rotatable bonds is 13. The molecule has 1 unspecified atom stereocenters. The lowest BCUT2D eigenvalue weighted by Gasteiger charge is -2.35. The molecule has 0 heterocycles. The number of benzene rings is 1. The van der Waals surface area contributed by atoms with Gasteiger partial charge in [0.2, 0.25) is 5.91 Å². The second-order valence-corrected chi connectivity index (χ2v) is 10.8. The van der Waals surface area contributed by atoms with Gasteiger partial charge in [0.1, 0.15) is 12.3 Å². The molecule has 0 aliphatic rings. The van der Waals surface area contributed by atoms with Gasteiger partial charge in [-0.2, -0.15) is 0 Å². The average molecular weight is 558 g/mol. The van der Waals surface area contributed by atoms with E-state index < -0.39 is 5.97 Å². The summed E-state index contributed by atoms with van der Waals surface area (Å²) in [6, 6.07) is 6.40. The standard InChI is InChI=1S/C25H37NO4.C7H16O.C2H2/c1-7-12-20(13-11-14-23(27)26(6)18-24(28)29)25(8-2,9-3)21-15-16-22(30-10-4)19(5)17-21;1-5-6(8)7(2,3)4;1-2/h11-13,15-17H,7-10,14,18H2,1-6H3,(H,28,29);6,8H,5H2,1-4H3;1-2H/b13-11-,20-12+;;. The Kier molecular flexibility index (Phi) is 19.5. The van der Waals surface area contributed by atoms with Gasteiger partial charge in [-0.3, -0.25) is 9.59 Å². The number of aliphatic carboxylic acids is 1. The van der Waals surface area contributed by atoms with Crippen molar-refractivity contribution < 1.29 is 24.5 Å². The van der Waals surface area contributed by atoms with Crippen LogP contribution in [-0.2, 0) is 15.0 Å². The number of nitrogens with zero attached hydrogens (tertiary/aromatic N) is 1. The molecule has 0 saturated carbocycles. The fourth-order valence-electron chi connectivity index (χ4n) is 4.49. The molecule has 0 aliphatic heterocycles. The Morgan fingerprint density at radius 1 is 1.07 bits per heavy atom. The van der Waals surface area contributed by atoms with Crippen LogP contribution >= 0.6 is 0 Å². The van der Waals surface area contributed by atoms with Gasteiger partial charge in [-0.25, -0.2) is 0 Å². The van der Waals surface area contributed by atoms with E-state index in [1.807, 2.05) is 52.8 Å². The number of aryl methyl sites for hydroxylation is 1. The minimum atomic E-state index is -1.01. The minimum absolute atomic E-state index is 0.0642. The van der Waals surface area contributed by atoms with E-state index in [0.717, 1.165) is 37.0 Å². The molecular formula is C34H55NO5. The first-order valence-electron chi connectivity index (χ1n) is 14.3. The fraction of sp³-hybridized carbons (Fsp3) is 0.588. The van der Waals surface area contributed by atoms with Crippen LogP contribution in [0.1, 0.15) is 98.6 Å². The lowest BCUT2D eigenvalue weighted by Crippen LogP contribution is -2.31. The SMILES string of the molecule is C#C.CC/C=C(\C=C/CC(=O)N(C)CC(=O)O)C(CC)(CC)c1ccc(OCC)c(C)c1.CCC(O)C(C)(C)C. The van der Waals surface area contributed by atoms with Crippen molar-refractivity contribution in [3.63, 3.8) is 0 Å². The molecule has 1 rings (SSSR count). The molecule has 0 fully saturated rings. The summed E-state index contributed by atoms with van der Waals surface area (Å²) in [5, 5.41) is 18.1. The molecule has 0 radical (unpaired) electrons. The monoisotopic (exact) mass is 557 g/mol. The third kappa shape index (κ3) is 12.9. The van der Waals surface area contributed by atoms with Crippen LogP contribution in [0.25, 0.3) is 0 Å². The second-order valence-electron chi connectivity index (χ2n) is 10.8. The maximum Gasteiger partial charge on any atom is 0.323 e. The molecule has 0 aliphatic carbocycles. The van der Waals surface area contributed by atoms with Crippen molar-refractivity contribution in [2.24, 2.45) is 5.41 Å². The van der Waals surface area contributed by atoms with Gasteiger partial charge in [-0.1, -0.05) is 78.8 Å². The first-order valence-corrected chi connectivity index (χ1v) is 14.3. The summed E-state index contributed by atoms with van der Waals surface area (Å²) in [5.74, 6) is -0.311. The number of hydrogen-bond acceptors (Lipinski definition) is 4. The molecule has 0 saturated heterocycles. The highest BCUT2D eigenvalue weighted by Crippen LogP contribution is 2.41. The Labute approximate surface area is 244 Å². The van der Waals surface area contributed by atoms with Crippen LogP contribution in [0, 0.1) is 25.2 Å². The zero-order valence-corrected chi connectivity index (χ0v) is 26.7. The number of aliphatic hydroxyl groups excluding tert-OH is 1. The Morgan fingerprint density at radius 3 is 2.02 bits per heavy atom. The van der Waals surface area contributed by atoms with Gasteiger partial charge in [0.05, 0.1) is 12.7 Å². The highest BCUT2D eigenvalue weighted by Gasteiger charge is 2.31. The van der Waals surface area contributed by atoms with Crippen molar-refractivity contribution in [2.75, 3.05) is 20.2 Å². The van der Waals surface area contributed by atoms with E-state index in [0.29, 0.717) is 6.61 Å². The number of ether oxygens (including phenoxy) is 1. The van der Waals surface area contributed by atoms with E-state index in [-0.39, 0.29) is 35.8 Å². The molecule has 0 spiro atoms. The van der Waals surface area contributed by atoms with Gasteiger partial charge in [-0.15, -0.1) is 12.8 Å². The smallest absolute Gasteiger partial charge is 0.323 e. The lowest BCUT2D eigenvalue weighted by molar-refractivity contribution is -0.143. The van der Waals surface area contributed by atoms with Crippen molar-refractivity contribution in [2.45, 2.75) is 106 Å². The number of carboxylic acids is 1. The normalized spacial score (nSPS) is 12.5. The first-order chi connectivity index (χ1) is 18.7. The number of aliphatic hydroxyl groups is 1. The number of carboxylic acid groups (broad SMARTS) is 1. The third-order valence-corrected chi connectivity index (χ3v) is 6.99. The van der Waals surface area contributed by atoms with Gasteiger partial charge in [-0.05, 0) is 67.7 Å². The Hall–Kier alpha value is -3.04. The molecule has 0 bridgehead atoms. The van der Waals surface area contributed by atoms with Crippen LogP contribution in [-0.4, -0.2) is 53.3 Å². The molecule has 6 nitrogen and oxygen atoms in total. The Balaban J connectivity index is 0. The van der Waals surface area contributed by atoms with Gasteiger partial charge in [0.15, 0.2) is 0 Å². The number of amides is 1. The van der Waals surface area contributed by atoms with E-state index in [4.69, 9.17) is 9.84 Å². The third-order valence-electron chi connectivity index (χ3n) is 6.99. The average Bonchev–Trinajstić information content (AvgIpc) is 2.91. The van der Waals surface area contributed by atoms with E-state index in [2.05, 4.69) is 58.8 Å². The second kappa shape index (κ2) is 19.9. The van der Waals surface area contributed by atoms with Gasteiger partial charge >= 0.3 is 5.97 Å². The number of allylic oxidation sites excluding steroid dienone is 3. The van der Waals surface area contributed by atoms with Crippen LogP contribution in [0.5, 0.6) is 5.75 Å². The summed E-state index contributed by atoms with van der Waals surface area (Å²) in [6.45, 7) is 19.0. The molecule has 1 amide bonds. The molecule has 226 valence electrons. The van der Waals surface area contributed by atoms with Crippen molar-refractivity contribution in [3.05, 3.63) is 53.1 Å². The summed E-state index contributed by atoms with van der Waals surface area (Å²) in [4.78, 5) is 24.2. The summed E-state index contributed by atoms with van der Waals surface area (Å²) in [7, 11) is 1.51. The van der Waals surface area contributed by atoms with Crippen LogP contribution in [0.15, 0.2) is 42.0 Å². The van der Waals surface area contributed by atoms with Crippen LogP contribution < -0.4 is 4.74 Å². The number of terminal acetylenes is 1. The van der Waals surface area contributed by atoms with E-state index >= 15 is 0 Å². The van der Waals surface area contributed by atoms with Crippen molar-refractivity contribution >= 4 is 11.9 Å². The number of hydrogen-bond donors (Lipinski definition) is 2. The first kappa shape index (κ1) is 39.1. The van der Waals surface area contributed by atoms with Crippen molar-refractivity contribution in [3.8, 4) is 18.6 Å². The highest BCUT2D eigenvalue weighted by atomic mass is 16.5. The van der Waals surface area contributed by atoms with Crippen LogP contribution in [0.3, 0.4) is 0 Å².